The normalized spacial score (nSPS) is 21.3. The maximum absolute atomic E-state index is 12.8. The third kappa shape index (κ3) is 3.95. The lowest BCUT2D eigenvalue weighted by molar-refractivity contribution is -0.0594. The predicted octanol–water partition coefficient (Wildman–Crippen LogP) is 1.95. The van der Waals surface area contributed by atoms with Crippen LogP contribution in [-0.4, -0.2) is 32.0 Å². The second kappa shape index (κ2) is 5.21. The molecular weight excluding hydrogens is 202 g/mol. The fraction of sp³-hybridized carbons (Fsp3) is 0.700. The number of alkyl halides is 2. The average Bonchev–Trinajstić information content (AvgIpc) is 2.27. The van der Waals surface area contributed by atoms with Crippen molar-refractivity contribution in [2.75, 3.05) is 13.7 Å². The van der Waals surface area contributed by atoms with Gasteiger partial charge in [-0.3, -0.25) is 10.3 Å². The van der Waals surface area contributed by atoms with Gasteiger partial charge in [0.2, 0.25) is 0 Å². The van der Waals surface area contributed by atoms with Gasteiger partial charge < -0.3 is 4.74 Å². The highest BCUT2D eigenvalue weighted by molar-refractivity contribution is 5.76. The van der Waals surface area contributed by atoms with Crippen molar-refractivity contribution in [2.45, 2.75) is 31.9 Å². The van der Waals surface area contributed by atoms with Gasteiger partial charge in [-0.15, -0.1) is 0 Å². The summed E-state index contributed by atoms with van der Waals surface area (Å²) in [4.78, 5) is 4.08. The molecule has 0 spiro atoms. The van der Waals surface area contributed by atoms with Crippen LogP contribution >= 0.6 is 0 Å². The molecule has 1 atom stereocenters. The van der Waals surface area contributed by atoms with Crippen LogP contribution in [0.25, 0.3) is 0 Å². The van der Waals surface area contributed by atoms with Gasteiger partial charge in [-0.2, -0.15) is 0 Å². The Morgan fingerprint density at radius 3 is 2.87 bits per heavy atom. The minimum Gasteiger partial charge on any atom is -0.486 e. The zero-order valence-corrected chi connectivity index (χ0v) is 8.96. The quantitative estimate of drug-likeness (QED) is 0.765. The highest BCUT2D eigenvalue weighted by atomic mass is 19.3. The first-order valence-electron chi connectivity index (χ1n) is 4.98. The Hall–Kier alpha value is -0.970. The molecule has 5 heteroatoms. The van der Waals surface area contributed by atoms with E-state index in [0.717, 1.165) is 0 Å². The van der Waals surface area contributed by atoms with Crippen molar-refractivity contribution in [1.29, 1.82) is 0 Å². The molecule has 1 aliphatic rings. The molecule has 1 aliphatic heterocycles. The molecular formula is C10H16F2N2O. The van der Waals surface area contributed by atoms with Crippen LogP contribution in [0.3, 0.4) is 0 Å². The summed E-state index contributed by atoms with van der Waals surface area (Å²) >= 11 is 0. The topological polar surface area (TPSA) is 33.6 Å². The second-order valence-electron chi connectivity index (χ2n) is 3.42. The van der Waals surface area contributed by atoms with E-state index in [9.17, 15) is 8.78 Å². The Bertz CT molecular complexity index is 264. The molecule has 0 aromatic heterocycles. The van der Waals surface area contributed by atoms with Crippen LogP contribution in [0.15, 0.2) is 16.8 Å². The summed E-state index contributed by atoms with van der Waals surface area (Å²) in [5.74, 6) is -2.33. The number of hydrogen-bond donors (Lipinski definition) is 1. The number of rotatable bonds is 5. The minimum atomic E-state index is -2.76. The molecule has 1 heterocycles. The predicted molar refractivity (Wildman–Crippen MR) is 55.2 cm³/mol. The van der Waals surface area contributed by atoms with Gasteiger partial charge in [0, 0.05) is 12.8 Å². The highest BCUT2D eigenvalue weighted by Gasteiger charge is 2.27. The van der Waals surface area contributed by atoms with E-state index >= 15 is 0 Å². The number of hydrogen-bond acceptors (Lipinski definition) is 3. The van der Waals surface area contributed by atoms with E-state index in [0.29, 0.717) is 12.2 Å². The highest BCUT2D eigenvalue weighted by Crippen LogP contribution is 2.19. The van der Waals surface area contributed by atoms with Gasteiger partial charge >= 0.3 is 0 Å². The molecule has 0 fully saturated rings. The fourth-order valence-electron chi connectivity index (χ4n) is 1.08. The molecule has 0 amide bonds. The van der Waals surface area contributed by atoms with E-state index in [-0.39, 0.29) is 12.6 Å². The van der Waals surface area contributed by atoms with Crippen molar-refractivity contribution < 1.29 is 13.5 Å². The standard InChI is InChI=1S/C10H16F2N2O/c1-3-10(11,12)7-15-8-4-5-9(13-2)14-6-8/h4,6,9,13H,3,5,7H2,1-2H3. The number of halogens is 2. The van der Waals surface area contributed by atoms with Gasteiger partial charge in [-0.25, -0.2) is 8.78 Å². The van der Waals surface area contributed by atoms with Gasteiger partial charge in [0.1, 0.15) is 11.9 Å². The molecule has 86 valence electrons. The number of ether oxygens (including phenoxy) is 1. The smallest absolute Gasteiger partial charge is 0.281 e. The van der Waals surface area contributed by atoms with E-state index < -0.39 is 12.5 Å². The first kappa shape index (κ1) is 12.1. The maximum atomic E-state index is 12.8. The molecule has 1 unspecified atom stereocenters. The molecule has 1 N–H and O–H groups in total. The number of dihydropyridines is 1. The Kier molecular flexibility index (Phi) is 4.20. The zero-order chi connectivity index (χ0) is 11.3. The van der Waals surface area contributed by atoms with Crippen LogP contribution < -0.4 is 5.32 Å². The third-order valence-electron chi connectivity index (χ3n) is 2.22. The number of nitrogens with one attached hydrogen (secondary N) is 1. The monoisotopic (exact) mass is 218 g/mol. The van der Waals surface area contributed by atoms with E-state index in [1.807, 2.05) is 0 Å². The summed E-state index contributed by atoms with van der Waals surface area (Å²) in [5, 5.41) is 2.96. The number of allylic oxidation sites excluding steroid dienone is 1. The van der Waals surface area contributed by atoms with Crippen molar-refractivity contribution >= 4 is 6.21 Å². The Labute approximate surface area is 88.2 Å². The number of aliphatic imine (C=N–C) groups is 1. The summed E-state index contributed by atoms with van der Waals surface area (Å²) < 4.78 is 30.6. The van der Waals surface area contributed by atoms with Gasteiger partial charge in [-0.05, 0) is 13.1 Å². The SMILES string of the molecule is CCC(F)(F)COC1=CCC(NC)N=C1. The van der Waals surface area contributed by atoms with Crippen molar-refractivity contribution in [3.8, 4) is 0 Å². The molecule has 3 nitrogen and oxygen atoms in total. The second-order valence-corrected chi connectivity index (χ2v) is 3.42. The van der Waals surface area contributed by atoms with Crippen LogP contribution in [0.2, 0.25) is 0 Å². The van der Waals surface area contributed by atoms with Crippen molar-refractivity contribution in [1.82, 2.24) is 5.32 Å². The van der Waals surface area contributed by atoms with Crippen LogP contribution in [0.5, 0.6) is 0 Å². The molecule has 15 heavy (non-hydrogen) atoms. The van der Waals surface area contributed by atoms with Gasteiger partial charge in [-0.1, -0.05) is 6.92 Å². The van der Waals surface area contributed by atoms with E-state index in [2.05, 4.69) is 10.3 Å². The zero-order valence-electron chi connectivity index (χ0n) is 8.96. The third-order valence-corrected chi connectivity index (χ3v) is 2.22. The lowest BCUT2D eigenvalue weighted by Crippen LogP contribution is -2.26. The summed E-state index contributed by atoms with van der Waals surface area (Å²) in [5.41, 5.74) is 0. The Morgan fingerprint density at radius 2 is 2.40 bits per heavy atom. The minimum absolute atomic E-state index is 0.0315. The Balaban J connectivity index is 2.36. The first-order valence-corrected chi connectivity index (χ1v) is 4.98. The van der Waals surface area contributed by atoms with Crippen LogP contribution in [-0.2, 0) is 4.74 Å². The summed E-state index contributed by atoms with van der Waals surface area (Å²) in [6.07, 6.45) is 3.73. The fourth-order valence-corrected chi connectivity index (χ4v) is 1.08. The molecule has 0 saturated carbocycles. The van der Waals surface area contributed by atoms with Crippen molar-refractivity contribution in [2.24, 2.45) is 4.99 Å². The molecule has 0 bridgehead atoms. The largest absolute Gasteiger partial charge is 0.486 e. The van der Waals surface area contributed by atoms with E-state index in [1.54, 1.807) is 13.1 Å². The molecule has 0 saturated heterocycles. The maximum Gasteiger partial charge on any atom is 0.281 e. The molecule has 0 aromatic carbocycles. The summed E-state index contributed by atoms with van der Waals surface area (Å²) in [6, 6.07) is 0. The van der Waals surface area contributed by atoms with E-state index in [4.69, 9.17) is 4.74 Å². The summed E-state index contributed by atoms with van der Waals surface area (Å²) in [7, 11) is 1.80. The van der Waals surface area contributed by atoms with Gasteiger partial charge in [0.05, 0.1) is 6.21 Å². The van der Waals surface area contributed by atoms with Gasteiger partial charge in [0.15, 0.2) is 6.61 Å². The van der Waals surface area contributed by atoms with Crippen LogP contribution in [0.1, 0.15) is 19.8 Å². The van der Waals surface area contributed by atoms with E-state index in [1.165, 1.54) is 13.1 Å². The molecule has 0 radical (unpaired) electrons. The molecule has 0 aromatic rings. The number of nitrogens with zero attached hydrogens (tertiary/aromatic N) is 1. The first-order chi connectivity index (χ1) is 7.07. The average molecular weight is 218 g/mol. The van der Waals surface area contributed by atoms with Crippen LogP contribution in [0, 0.1) is 0 Å². The Morgan fingerprint density at radius 1 is 1.67 bits per heavy atom. The van der Waals surface area contributed by atoms with Crippen molar-refractivity contribution in [3.05, 3.63) is 11.8 Å². The molecule has 1 rings (SSSR count). The van der Waals surface area contributed by atoms with Gasteiger partial charge in [0.25, 0.3) is 5.92 Å². The van der Waals surface area contributed by atoms with Crippen molar-refractivity contribution in [3.63, 3.8) is 0 Å². The molecule has 0 aliphatic carbocycles. The lowest BCUT2D eigenvalue weighted by Gasteiger charge is -2.18. The van der Waals surface area contributed by atoms with Crippen LogP contribution in [0.4, 0.5) is 8.78 Å². The lowest BCUT2D eigenvalue weighted by atomic mass is 10.2. The summed E-state index contributed by atoms with van der Waals surface area (Å²) in [6.45, 7) is 0.856.